The lowest BCUT2D eigenvalue weighted by atomic mass is 9.98. The highest BCUT2D eigenvalue weighted by atomic mass is 35.5. The van der Waals surface area contributed by atoms with Crippen LogP contribution in [0.25, 0.3) is 11.1 Å². The lowest BCUT2D eigenvalue weighted by molar-refractivity contribution is -0.140. The van der Waals surface area contributed by atoms with Gasteiger partial charge in [0.05, 0.1) is 19.1 Å². The molecule has 156 valence electrons. The summed E-state index contributed by atoms with van der Waals surface area (Å²) in [5.41, 5.74) is 9.68. The van der Waals surface area contributed by atoms with E-state index >= 15 is 0 Å². The summed E-state index contributed by atoms with van der Waals surface area (Å²) in [5, 5.41) is 0.599. The monoisotopic (exact) mass is 428 g/mol. The molecular weight excluding hydrogens is 407 g/mol. The van der Waals surface area contributed by atoms with Crippen LogP contribution in [0.4, 0.5) is 4.39 Å². The number of methoxy groups -OCH3 is 1. The molecule has 1 aromatic heterocycles. The van der Waals surface area contributed by atoms with Gasteiger partial charge in [0.25, 0.3) is 5.91 Å². The van der Waals surface area contributed by atoms with Crippen LogP contribution < -0.4 is 5.73 Å². The fraction of sp³-hybridized carbons (Fsp3) is 0.217. The van der Waals surface area contributed by atoms with E-state index in [0.717, 1.165) is 11.3 Å². The van der Waals surface area contributed by atoms with Gasteiger partial charge in [0, 0.05) is 28.5 Å². The van der Waals surface area contributed by atoms with E-state index in [0.29, 0.717) is 40.4 Å². The Morgan fingerprint density at radius 1 is 1.17 bits per heavy atom. The summed E-state index contributed by atoms with van der Waals surface area (Å²) >= 11 is 6.13. The van der Waals surface area contributed by atoms with E-state index in [2.05, 4.69) is 0 Å². The number of ether oxygens (including phenoxy) is 1. The molecule has 0 spiro atoms. The maximum Gasteiger partial charge on any atom is 0.305 e. The molecule has 0 saturated carbocycles. The minimum Gasteiger partial charge on any atom is -0.469 e. The highest BCUT2D eigenvalue weighted by Gasteiger charge is 2.25. The fourth-order valence-electron chi connectivity index (χ4n) is 3.64. The normalized spacial score (nSPS) is 10.8. The molecule has 0 aliphatic rings. The van der Waals surface area contributed by atoms with E-state index in [1.54, 1.807) is 25.1 Å². The fourth-order valence-corrected chi connectivity index (χ4v) is 3.85. The summed E-state index contributed by atoms with van der Waals surface area (Å²) in [6, 6.07) is 13.3. The number of rotatable bonds is 7. The van der Waals surface area contributed by atoms with Crippen molar-refractivity contribution in [2.75, 3.05) is 7.11 Å². The highest BCUT2D eigenvalue weighted by molar-refractivity contribution is 6.30. The summed E-state index contributed by atoms with van der Waals surface area (Å²) < 4.78 is 20.2. The maximum atomic E-state index is 13.5. The third-order valence-electron chi connectivity index (χ3n) is 5.03. The Morgan fingerprint density at radius 3 is 2.47 bits per heavy atom. The molecule has 5 nitrogen and oxygen atoms in total. The van der Waals surface area contributed by atoms with Gasteiger partial charge in [-0.3, -0.25) is 9.59 Å². The van der Waals surface area contributed by atoms with Crippen LogP contribution in [-0.4, -0.2) is 23.6 Å². The van der Waals surface area contributed by atoms with Crippen LogP contribution in [-0.2, 0) is 22.5 Å². The zero-order valence-electron chi connectivity index (χ0n) is 16.7. The highest BCUT2D eigenvalue weighted by Crippen LogP contribution is 2.34. The van der Waals surface area contributed by atoms with Gasteiger partial charge in [0.15, 0.2) is 0 Å². The Hall–Kier alpha value is -3.12. The second-order valence-electron chi connectivity index (χ2n) is 6.95. The molecule has 1 heterocycles. The summed E-state index contributed by atoms with van der Waals surface area (Å²) in [4.78, 5) is 24.2. The van der Waals surface area contributed by atoms with Crippen molar-refractivity contribution in [1.29, 1.82) is 0 Å². The zero-order chi connectivity index (χ0) is 21.8. The molecule has 2 N–H and O–H groups in total. The van der Waals surface area contributed by atoms with Crippen molar-refractivity contribution in [2.24, 2.45) is 5.73 Å². The van der Waals surface area contributed by atoms with Crippen molar-refractivity contribution in [3.63, 3.8) is 0 Å². The summed E-state index contributed by atoms with van der Waals surface area (Å²) in [6.07, 6.45) is 0.454. The SMILES string of the molecule is COC(=O)CCc1c(-c2ccc(F)cc2)c(C(N)=O)c(C)n1Cc1cccc(Cl)c1. The molecule has 3 rings (SSSR count). The average molecular weight is 429 g/mol. The smallest absolute Gasteiger partial charge is 0.305 e. The number of nitrogens with zero attached hydrogens (tertiary/aromatic N) is 1. The third kappa shape index (κ3) is 4.54. The van der Waals surface area contributed by atoms with Crippen molar-refractivity contribution in [3.05, 3.63) is 81.9 Å². The van der Waals surface area contributed by atoms with E-state index in [-0.39, 0.29) is 18.2 Å². The Kier molecular flexibility index (Phi) is 6.57. The minimum atomic E-state index is -0.587. The molecule has 3 aromatic rings. The number of benzene rings is 2. The second kappa shape index (κ2) is 9.13. The molecule has 0 aliphatic carbocycles. The van der Waals surface area contributed by atoms with Crippen LogP contribution in [0.5, 0.6) is 0 Å². The van der Waals surface area contributed by atoms with Crippen LogP contribution >= 0.6 is 11.6 Å². The number of primary amides is 1. The summed E-state index contributed by atoms with van der Waals surface area (Å²) in [7, 11) is 1.33. The number of amides is 1. The van der Waals surface area contributed by atoms with Crippen molar-refractivity contribution in [3.8, 4) is 11.1 Å². The van der Waals surface area contributed by atoms with Crippen molar-refractivity contribution in [1.82, 2.24) is 4.57 Å². The lowest BCUT2D eigenvalue weighted by Gasteiger charge is -2.14. The van der Waals surface area contributed by atoms with E-state index in [1.807, 2.05) is 22.8 Å². The lowest BCUT2D eigenvalue weighted by Crippen LogP contribution is -2.13. The molecular formula is C23H22ClFN2O3. The van der Waals surface area contributed by atoms with E-state index in [4.69, 9.17) is 22.1 Å². The van der Waals surface area contributed by atoms with Crippen molar-refractivity contribution in [2.45, 2.75) is 26.3 Å². The number of esters is 1. The molecule has 0 aliphatic heterocycles. The standard InChI is InChI=1S/C23H22ClFN2O3/c1-14-21(23(26)29)22(16-6-8-18(25)9-7-16)19(10-11-20(28)30-2)27(14)13-15-4-3-5-17(24)12-15/h3-9,12H,10-11,13H2,1-2H3,(H2,26,29). The molecule has 0 saturated heterocycles. The Bertz CT molecular complexity index is 1090. The second-order valence-corrected chi connectivity index (χ2v) is 7.38. The Balaban J connectivity index is 2.20. The molecule has 0 atom stereocenters. The van der Waals surface area contributed by atoms with Crippen LogP contribution in [0.15, 0.2) is 48.5 Å². The predicted molar refractivity (Wildman–Crippen MR) is 114 cm³/mol. The Labute approximate surface area is 179 Å². The number of nitrogens with two attached hydrogens (primary N) is 1. The molecule has 0 fully saturated rings. The summed E-state index contributed by atoms with van der Waals surface area (Å²) in [5.74, 6) is -1.34. The largest absolute Gasteiger partial charge is 0.469 e. The van der Waals surface area contributed by atoms with E-state index in [1.165, 1.54) is 19.2 Å². The first-order valence-electron chi connectivity index (χ1n) is 9.40. The van der Waals surface area contributed by atoms with Crippen molar-refractivity contribution < 1.29 is 18.7 Å². The molecule has 30 heavy (non-hydrogen) atoms. The molecule has 0 unspecified atom stereocenters. The molecule has 7 heteroatoms. The van der Waals surface area contributed by atoms with Gasteiger partial charge in [0.1, 0.15) is 5.82 Å². The van der Waals surface area contributed by atoms with Gasteiger partial charge in [-0.15, -0.1) is 0 Å². The van der Waals surface area contributed by atoms with Gasteiger partial charge in [0.2, 0.25) is 0 Å². The number of hydrogen-bond acceptors (Lipinski definition) is 3. The van der Waals surface area contributed by atoms with E-state index in [9.17, 15) is 14.0 Å². The Morgan fingerprint density at radius 2 is 1.87 bits per heavy atom. The van der Waals surface area contributed by atoms with Gasteiger partial charge in [-0.25, -0.2) is 4.39 Å². The number of aromatic nitrogens is 1. The van der Waals surface area contributed by atoms with Crippen LogP contribution in [0.3, 0.4) is 0 Å². The number of hydrogen-bond donors (Lipinski definition) is 1. The number of carbonyl (C=O) groups is 2. The van der Waals surface area contributed by atoms with Crippen LogP contribution in [0.1, 0.15) is 33.7 Å². The molecule has 0 radical (unpaired) electrons. The van der Waals surface area contributed by atoms with Gasteiger partial charge in [-0.2, -0.15) is 0 Å². The van der Waals surface area contributed by atoms with Gasteiger partial charge >= 0.3 is 5.97 Å². The first-order valence-corrected chi connectivity index (χ1v) is 9.78. The molecule has 1 amide bonds. The van der Waals surface area contributed by atoms with E-state index < -0.39 is 5.91 Å². The zero-order valence-corrected chi connectivity index (χ0v) is 17.5. The van der Waals surface area contributed by atoms with Crippen LogP contribution in [0.2, 0.25) is 5.02 Å². The quantitative estimate of drug-likeness (QED) is 0.562. The molecule has 2 aromatic carbocycles. The van der Waals surface area contributed by atoms with Crippen molar-refractivity contribution >= 4 is 23.5 Å². The van der Waals surface area contributed by atoms with Gasteiger partial charge < -0.3 is 15.0 Å². The maximum absolute atomic E-state index is 13.5. The predicted octanol–water partition coefficient (Wildman–Crippen LogP) is 4.51. The molecule has 0 bridgehead atoms. The van der Waals surface area contributed by atoms with Gasteiger partial charge in [-0.05, 0) is 48.7 Å². The van der Waals surface area contributed by atoms with Gasteiger partial charge in [-0.1, -0.05) is 35.9 Å². The minimum absolute atomic E-state index is 0.127. The summed E-state index contributed by atoms with van der Waals surface area (Å²) in [6.45, 7) is 2.24. The number of halogens is 2. The third-order valence-corrected chi connectivity index (χ3v) is 5.27. The first kappa shape index (κ1) is 21.6. The topological polar surface area (TPSA) is 74.3 Å². The number of carbonyl (C=O) groups excluding carboxylic acids is 2. The average Bonchev–Trinajstić information content (AvgIpc) is 2.98. The first-order chi connectivity index (χ1) is 14.3. The van der Waals surface area contributed by atoms with Crippen LogP contribution in [0, 0.1) is 12.7 Å².